The third-order valence-corrected chi connectivity index (χ3v) is 7.11. The Morgan fingerprint density at radius 2 is 1.91 bits per heavy atom. The average molecular weight is 501 g/mol. The van der Waals surface area contributed by atoms with E-state index in [1.807, 2.05) is 0 Å². The van der Waals surface area contributed by atoms with E-state index in [4.69, 9.17) is 9.88 Å². The highest BCUT2D eigenvalue weighted by Crippen LogP contribution is 2.34. The summed E-state index contributed by atoms with van der Waals surface area (Å²) in [5, 5.41) is 6.35. The number of hydrogen-bond donors (Lipinski definition) is 1. The van der Waals surface area contributed by atoms with Gasteiger partial charge in [0.05, 0.1) is 5.56 Å². The average Bonchev–Trinajstić information content (AvgIpc) is 3.24. The van der Waals surface area contributed by atoms with Gasteiger partial charge in [0, 0.05) is 18.5 Å². The maximum absolute atomic E-state index is 14.1. The summed E-state index contributed by atoms with van der Waals surface area (Å²) in [7, 11) is -4.00. The number of halogens is 4. The lowest BCUT2D eigenvalue weighted by atomic mass is 9.99. The van der Waals surface area contributed by atoms with Crippen molar-refractivity contribution in [2.75, 3.05) is 6.54 Å². The van der Waals surface area contributed by atoms with Gasteiger partial charge in [0.25, 0.3) is 15.9 Å². The van der Waals surface area contributed by atoms with Gasteiger partial charge in [-0.25, -0.2) is 22.9 Å². The molecule has 7 nitrogen and oxygen atoms in total. The van der Waals surface area contributed by atoms with Crippen LogP contribution >= 0.6 is 11.3 Å². The summed E-state index contributed by atoms with van der Waals surface area (Å²) in [4.78, 5) is 18.0. The van der Waals surface area contributed by atoms with Gasteiger partial charge in [-0.15, -0.1) is 11.3 Å². The number of ether oxygens (including phenoxy) is 1. The first-order valence-corrected chi connectivity index (χ1v) is 11.8. The van der Waals surface area contributed by atoms with Crippen molar-refractivity contribution < 1.29 is 35.5 Å². The standard InChI is InChI=1S/C20H15F4N3O4S2/c21-15-8-13(20(22,23)24)2-4-17(15)31-14-3-1-12-9-27(6-5-11(12)7-14)18(28)16-10-32-19(26-16)33(25,29)30/h1-4,7-8,10H,5-6,9H2,(H2,25,29,30). The molecule has 174 valence electrons. The lowest BCUT2D eigenvalue weighted by Gasteiger charge is -2.28. The first kappa shape index (κ1) is 23.1. The molecule has 1 amide bonds. The topological polar surface area (TPSA) is 103 Å². The van der Waals surface area contributed by atoms with Crippen LogP contribution < -0.4 is 9.88 Å². The fraction of sp³-hybridized carbons (Fsp3) is 0.200. The van der Waals surface area contributed by atoms with Crippen LogP contribution in [0.15, 0.2) is 46.1 Å². The Labute approximate surface area is 189 Å². The molecule has 4 rings (SSSR count). The minimum Gasteiger partial charge on any atom is -0.454 e. The molecule has 3 aromatic rings. The molecule has 2 heterocycles. The van der Waals surface area contributed by atoms with Crippen LogP contribution in [0.2, 0.25) is 0 Å². The molecule has 1 aliphatic rings. The van der Waals surface area contributed by atoms with E-state index in [9.17, 15) is 30.8 Å². The number of thiazole rings is 1. The number of fused-ring (bicyclic) bond motifs is 1. The summed E-state index contributed by atoms with van der Waals surface area (Å²) in [6.07, 6.45) is -4.23. The SMILES string of the molecule is NS(=O)(=O)c1nc(C(=O)N2CCc3cc(Oc4ccc(C(F)(F)F)cc4F)ccc3C2)cs1. The molecule has 0 unspecified atom stereocenters. The highest BCUT2D eigenvalue weighted by molar-refractivity contribution is 7.91. The fourth-order valence-corrected chi connectivity index (χ4v) is 4.72. The van der Waals surface area contributed by atoms with Crippen LogP contribution in [0.1, 0.15) is 27.2 Å². The molecular formula is C20H15F4N3O4S2. The molecule has 0 saturated heterocycles. The predicted octanol–water partition coefficient (Wildman–Crippen LogP) is 3.94. The number of carbonyl (C=O) groups is 1. The van der Waals surface area contributed by atoms with Crippen LogP contribution in [0.4, 0.5) is 17.6 Å². The molecule has 0 spiro atoms. The third-order valence-electron chi connectivity index (χ3n) is 4.91. The van der Waals surface area contributed by atoms with E-state index in [1.165, 1.54) is 16.3 Å². The highest BCUT2D eigenvalue weighted by Gasteiger charge is 2.31. The molecule has 0 atom stereocenters. The van der Waals surface area contributed by atoms with Gasteiger partial charge >= 0.3 is 6.18 Å². The number of carbonyl (C=O) groups excluding carboxylic acids is 1. The molecule has 13 heteroatoms. The van der Waals surface area contributed by atoms with Crippen molar-refractivity contribution in [2.45, 2.75) is 23.5 Å². The molecule has 1 aliphatic heterocycles. The number of amides is 1. The molecule has 2 N–H and O–H groups in total. The zero-order valence-corrected chi connectivity index (χ0v) is 18.2. The van der Waals surface area contributed by atoms with Crippen molar-refractivity contribution in [1.29, 1.82) is 0 Å². The number of nitrogens with zero attached hydrogens (tertiary/aromatic N) is 2. The maximum atomic E-state index is 14.1. The second kappa shape index (κ2) is 8.39. The van der Waals surface area contributed by atoms with Crippen molar-refractivity contribution >= 4 is 27.3 Å². The number of aromatic nitrogens is 1. The monoisotopic (exact) mass is 501 g/mol. The Kier molecular flexibility index (Phi) is 5.88. The van der Waals surface area contributed by atoms with Gasteiger partial charge in [-0.05, 0) is 47.9 Å². The maximum Gasteiger partial charge on any atom is 0.416 e. The summed E-state index contributed by atoms with van der Waals surface area (Å²) in [6, 6.07) is 6.85. The lowest BCUT2D eigenvalue weighted by Crippen LogP contribution is -2.36. The van der Waals surface area contributed by atoms with Gasteiger partial charge in [0.1, 0.15) is 11.4 Å². The van der Waals surface area contributed by atoms with Crippen LogP contribution in [-0.4, -0.2) is 30.8 Å². The fourth-order valence-electron chi connectivity index (χ4n) is 3.30. The van der Waals surface area contributed by atoms with Crippen LogP contribution in [0.25, 0.3) is 0 Å². The molecular weight excluding hydrogens is 486 g/mol. The third kappa shape index (κ3) is 4.99. The van der Waals surface area contributed by atoms with Crippen LogP contribution in [0, 0.1) is 5.82 Å². The number of alkyl halides is 3. The Bertz CT molecular complexity index is 1340. The number of rotatable bonds is 4. The molecule has 0 aliphatic carbocycles. The molecule has 1 aromatic heterocycles. The number of primary sulfonamides is 1. The Morgan fingerprint density at radius 1 is 1.15 bits per heavy atom. The zero-order chi connectivity index (χ0) is 24.0. The first-order valence-electron chi connectivity index (χ1n) is 9.36. The molecule has 33 heavy (non-hydrogen) atoms. The minimum atomic E-state index is -4.66. The normalized spacial score (nSPS) is 14.2. The summed E-state index contributed by atoms with van der Waals surface area (Å²) >= 11 is 0.759. The van der Waals surface area contributed by atoms with Crippen LogP contribution in [0.5, 0.6) is 11.5 Å². The van der Waals surface area contributed by atoms with Crippen molar-refractivity contribution in [1.82, 2.24) is 9.88 Å². The van der Waals surface area contributed by atoms with Crippen molar-refractivity contribution in [3.05, 3.63) is 70.0 Å². The smallest absolute Gasteiger partial charge is 0.416 e. The summed E-state index contributed by atoms with van der Waals surface area (Å²) in [6.45, 7) is 0.539. The lowest BCUT2D eigenvalue weighted by molar-refractivity contribution is -0.137. The number of benzene rings is 2. The number of sulfonamides is 1. The Balaban J connectivity index is 1.48. The van der Waals surface area contributed by atoms with E-state index in [2.05, 4.69) is 4.98 Å². The predicted molar refractivity (Wildman–Crippen MR) is 110 cm³/mol. The van der Waals surface area contributed by atoms with Gasteiger partial charge in [0.15, 0.2) is 11.6 Å². The second-order valence-corrected chi connectivity index (χ2v) is 9.79. The minimum absolute atomic E-state index is 0.0230. The molecule has 0 radical (unpaired) electrons. The van der Waals surface area contributed by atoms with Crippen LogP contribution in [-0.2, 0) is 29.2 Å². The quantitative estimate of drug-likeness (QED) is 0.546. The van der Waals surface area contributed by atoms with Crippen molar-refractivity contribution in [3.63, 3.8) is 0 Å². The van der Waals surface area contributed by atoms with Gasteiger partial charge < -0.3 is 9.64 Å². The molecule has 0 fully saturated rings. The summed E-state index contributed by atoms with van der Waals surface area (Å²) in [5.41, 5.74) is 0.480. The first-order chi connectivity index (χ1) is 15.4. The van der Waals surface area contributed by atoms with E-state index in [0.717, 1.165) is 34.6 Å². The number of nitrogens with two attached hydrogens (primary N) is 1. The molecule has 0 saturated carbocycles. The molecule has 2 aromatic carbocycles. The summed E-state index contributed by atoms with van der Waals surface area (Å²) in [5.74, 6) is -1.69. The Morgan fingerprint density at radius 3 is 2.55 bits per heavy atom. The van der Waals surface area contributed by atoms with Gasteiger partial charge in [0.2, 0.25) is 4.34 Å². The zero-order valence-electron chi connectivity index (χ0n) is 16.6. The number of hydrogen-bond acceptors (Lipinski definition) is 6. The van der Waals surface area contributed by atoms with Crippen molar-refractivity contribution in [2.24, 2.45) is 5.14 Å². The van der Waals surface area contributed by atoms with Gasteiger partial charge in [-0.1, -0.05) is 6.07 Å². The van der Waals surface area contributed by atoms with Crippen LogP contribution in [0.3, 0.4) is 0 Å². The second-order valence-electron chi connectivity index (χ2n) is 7.20. The van der Waals surface area contributed by atoms with E-state index in [1.54, 1.807) is 12.1 Å². The Hall–Kier alpha value is -3.03. The largest absolute Gasteiger partial charge is 0.454 e. The van der Waals surface area contributed by atoms with E-state index >= 15 is 0 Å². The van der Waals surface area contributed by atoms with Crippen molar-refractivity contribution in [3.8, 4) is 11.5 Å². The molecule has 0 bridgehead atoms. The summed E-state index contributed by atoms with van der Waals surface area (Å²) < 4.78 is 80.0. The van der Waals surface area contributed by atoms with Gasteiger partial charge in [-0.2, -0.15) is 13.2 Å². The van der Waals surface area contributed by atoms with E-state index in [0.29, 0.717) is 19.0 Å². The van der Waals surface area contributed by atoms with Gasteiger partial charge in [-0.3, -0.25) is 4.79 Å². The highest BCUT2D eigenvalue weighted by atomic mass is 32.2. The van der Waals surface area contributed by atoms with E-state index in [-0.39, 0.29) is 28.1 Å². The van der Waals surface area contributed by atoms with E-state index < -0.39 is 33.5 Å².